The maximum absolute atomic E-state index is 6.02. The van der Waals surface area contributed by atoms with Gasteiger partial charge in [-0.25, -0.2) is 9.97 Å². The largest absolute Gasteiger partial charge is 0.497 e. The van der Waals surface area contributed by atoms with Gasteiger partial charge in [0, 0.05) is 21.7 Å². The summed E-state index contributed by atoms with van der Waals surface area (Å²) in [4.78, 5) is 9.36. The number of hydrogen-bond donors (Lipinski definition) is 0. The summed E-state index contributed by atoms with van der Waals surface area (Å²) >= 11 is 11.1. The minimum absolute atomic E-state index is 0.720. The standard InChI is InChI=1S/C18H13ClN2OS3/c1-22-14-5-2-11(3-6-14)17-20-13(9-23-17)10-24-18-21-15-8-12(19)4-7-16(15)25-18/h2-9H,10H2,1H3. The zero-order valence-corrected chi connectivity index (χ0v) is 16.4. The molecule has 2 aromatic heterocycles. The first kappa shape index (κ1) is 16.8. The summed E-state index contributed by atoms with van der Waals surface area (Å²) in [7, 11) is 1.67. The Morgan fingerprint density at radius 3 is 2.76 bits per heavy atom. The van der Waals surface area contributed by atoms with Crippen LogP contribution < -0.4 is 4.74 Å². The molecule has 25 heavy (non-hydrogen) atoms. The van der Waals surface area contributed by atoms with Crippen molar-refractivity contribution < 1.29 is 4.74 Å². The fourth-order valence-electron chi connectivity index (χ4n) is 2.32. The Hall–Kier alpha value is -1.60. The second-order valence-electron chi connectivity index (χ2n) is 5.25. The van der Waals surface area contributed by atoms with Crippen LogP contribution in [-0.4, -0.2) is 17.1 Å². The van der Waals surface area contributed by atoms with Crippen molar-refractivity contribution in [3.8, 4) is 16.3 Å². The molecule has 2 heterocycles. The van der Waals surface area contributed by atoms with E-state index >= 15 is 0 Å². The first-order valence-corrected chi connectivity index (χ1v) is 10.5. The highest BCUT2D eigenvalue weighted by molar-refractivity contribution is 8.00. The van der Waals surface area contributed by atoms with Gasteiger partial charge in [0.15, 0.2) is 4.34 Å². The molecule has 2 aromatic carbocycles. The Bertz CT molecular complexity index is 1010. The van der Waals surface area contributed by atoms with Crippen molar-refractivity contribution in [3.63, 3.8) is 0 Å². The molecule has 4 rings (SSSR count). The molecule has 3 nitrogen and oxygen atoms in total. The third-order valence-electron chi connectivity index (χ3n) is 3.56. The Kier molecular flexibility index (Phi) is 4.94. The third-order valence-corrected chi connectivity index (χ3v) is 6.95. The van der Waals surface area contributed by atoms with Gasteiger partial charge in [0.25, 0.3) is 0 Å². The smallest absolute Gasteiger partial charge is 0.151 e. The van der Waals surface area contributed by atoms with E-state index in [0.717, 1.165) is 47.3 Å². The van der Waals surface area contributed by atoms with Crippen LogP contribution in [-0.2, 0) is 5.75 Å². The first-order valence-electron chi connectivity index (χ1n) is 7.49. The van der Waals surface area contributed by atoms with Crippen molar-refractivity contribution in [1.82, 2.24) is 9.97 Å². The second kappa shape index (κ2) is 7.33. The third kappa shape index (κ3) is 3.82. The van der Waals surface area contributed by atoms with Crippen molar-refractivity contribution in [2.24, 2.45) is 0 Å². The van der Waals surface area contributed by atoms with Crippen LogP contribution in [0.2, 0.25) is 5.02 Å². The highest BCUT2D eigenvalue weighted by atomic mass is 35.5. The molecule has 0 amide bonds. The van der Waals surface area contributed by atoms with Crippen LogP contribution in [0.4, 0.5) is 0 Å². The molecule has 126 valence electrons. The van der Waals surface area contributed by atoms with Crippen molar-refractivity contribution in [1.29, 1.82) is 0 Å². The number of hydrogen-bond acceptors (Lipinski definition) is 6. The number of methoxy groups -OCH3 is 1. The molecular weight excluding hydrogens is 392 g/mol. The zero-order valence-electron chi connectivity index (χ0n) is 13.2. The topological polar surface area (TPSA) is 35.0 Å². The summed E-state index contributed by atoms with van der Waals surface area (Å²) in [5.74, 6) is 1.66. The zero-order chi connectivity index (χ0) is 17.2. The van der Waals surface area contributed by atoms with E-state index in [0.29, 0.717) is 0 Å². The van der Waals surface area contributed by atoms with Gasteiger partial charge in [0.2, 0.25) is 0 Å². The van der Waals surface area contributed by atoms with Gasteiger partial charge in [-0.3, -0.25) is 0 Å². The Morgan fingerprint density at radius 2 is 1.96 bits per heavy atom. The van der Waals surface area contributed by atoms with E-state index in [-0.39, 0.29) is 0 Å². The molecule has 0 unspecified atom stereocenters. The van der Waals surface area contributed by atoms with E-state index in [1.54, 1.807) is 41.5 Å². The van der Waals surface area contributed by atoms with Crippen LogP contribution in [0.5, 0.6) is 5.75 Å². The van der Waals surface area contributed by atoms with Crippen molar-refractivity contribution in [2.45, 2.75) is 10.1 Å². The number of fused-ring (bicyclic) bond motifs is 1. The normalized spacial score (nSPS) is 11.1. The summed E-state index contributed by atoms with van der Waals surface area (Å²) in [6.07, 6.45) is 0. The van der Waals surface area contributed by atoms with Gasteiger partial charge in [-0.15, -0.1) is 22.7 Å². The molecule has 0 N–H and O–H groups in total. The average molecular weight is 405 g/mol. The summed E-state index contributed by atoms with van der Waals surface area (Å²) in [5, 5.41) is 3.85. The average Bonchev–Trinajstić information content (AvgIpc) is 3.26. The lowest BCUT2D eigenvalue weighted by Gasteiger charge is -2.00. The Labute approximate surface area is 162 Å². The Morgan fingerprint density at radius 1 is 1.12 bits per heavy atom. The molecule has 4 aromatic rings. The number of thioether (sulfide) groups is 1. The number of nitrogens with zero attached hydrogens (tertiary/aromatic N) is 2. The van der Waals surface area contributed by atoms with E-state index in [1.165, 1.54) is 0 Å². The van der Waals surface area contributed by atoms with Crippen LogP contribution in [0.25, 0.3) is 20.8 Å². The molecule has 7 heteroatoms. The molecule has 0 saturated carbocycles. The fourth-order valence-corrected chi connectivity index (χ4v) is 5.36. The van der Waals surface area contributed by atoms with Gasteiger partial charge < -0.3 is 4.74 Å². The van der Waals surface area contributed by atoms with Gasteiger partial charge in [-0.1, -0.05) is 23.4 Å². The van der Waals surface area contributed by atoms with Crippen molar-refractivity contribution in [3.05, 3.63) is 58.6 Å². The van der Waals surface area contributed by atoms with E-state index < -0.39 is 0 Å². The lowest BCUT2D eigenvalue weighted by atomic mass is 10.2. The molecule has 0 spiro atoms. The quantitative estimate of drug-likeness (QED) is 0.362. The maximum Gasteiger partial charge on any atom is 0.151 e. The van der Waals surface area contributed by atoms with Crippen LogP contribution >= 0.6 is 46.0 Å². The predicted molar refractivity (Wildman–Crippen MR) is 108 cm³/mol. The number of ether oxygens (including phenoxy) is 1. The van der Waals surface area contributed by atoms with E-state index in [4.69, 9.17) is 21.3 Å². The van der Waals surface area contributed by atoms with Gasteiger partial charge >= 0.3 is 0 Å². The van der Waals surface area contributed by atoms with E-state index in [1.807, 2.05) is 42.5 Å². The monoisotopic (exact) mass is 404 g/mol. The number of aromatic nitrogens is 2. The summed E-state index contributed by atoms with van der Waals surface area (Å²) in [5.41, 5.74) is 3.13. The summed E-state index contributed by atoms with van der Waals surface area (Å²) in [6, 6.07) is 13.8. The van der Waals surface area contributed by atoms with Crippen LogP contribution in [0.3, 0.4) is 0 Å². The van der Waals surface area contributed by atoms with E-state index in [9.17, 15) is 0 Å². The number of thiazole rings is 2. The van der Waals surface area contributed by atoms with Crippen LogP contribution in [0.15, 0.2) is 52.2 Å². The molecule has 0 aliphatic heterocycles. The van der Waals surface area contributed by atoms with Crippen LogP contribution in [0.1, 0.15) is 5.69 Å². The van der Waals surface area contributed by atoms with Gasteiger partial charge in [-0.05, 0) is 42.5 Å². The number of rotatable bonds is 5. The summed E-state index contributed by atoms with van der Waals surface area (Å²) < 4.78 is 7.39. The second-order valence-corrected chi connectivity index (χ2v) is 8.80. The maximum atomic E-state index is 6.02. The highest BCUT2D eigenvalue weighted by Crippen LogP contribution is 2.34. The van der Waals surface area contributed by atoms with Crippen LogP contribution in [0, 0.1) is 0 Å². The highest BCUT2D eigenvalue weighted by Gasteiger charge is 2.09. The summed E-state index contributed by atoms with van der Waals surface area (Å²) in [6.45, 7) is 0. The SMILES string of the molecule is COc1ccc(-c2nc(CSc3nc4cc(Cl)ccc4s3)cs2)cc1. The molecule has 0 fully saturated rings. The Balaban J connectivity index is 1.46. The molecular formula is C18H13ClN2OS3. The minimum atomic E-state index is 0.720. The molecule has 0 aliphatic carbocycles. The minimum Gasteiger partial charge on any atom is -0.497 e. The predicted octanol–water partition coefficient (Wildman–Crippen LogP) is 6.37. The molecule has 0 bridgehead atoms. The lowest BCUT2D eigenvalue weighted by molar-refractivity contribution is 0.415. The molecule has 0 radical (unpaired) electrons. The van der Waals surface area contributed by atoms with Gasteiger partial charge in [0.05, 0.1) is 23.0 Å². The van der Waals surface area contributed by atoms with Gasteiger partial charge in [-0.2, -0.15) is 0 Å². The van der Waals surface area contributed by atoms with E-state index in [2.05, 4.69) is 10.4 Å². The number of benzene rings is 2. The molecule has 0 saturated heterocycles. The van der Waals surface area contributed by atoms with Gasteiger partial charge in [0.1, 0.15) is 10.8 Å². The first-order chi connectivity index (χ1) is 12.2. The lowest BCUT2D eigenvalue weighted by Crippen LogP contribution is -1.84. The van der Waals surface area contributed by atoms with Crippen molar-refractivity contribution in [2.75, 3.05) is 7.11 Å². The van der Waals surface area contributed by atoms with Crippen molar-refractivity contribution >= 4 is 56.3 Å². The molecule has 0 aliphatic rings. The fraction of sp³-hybridized carbons (Fsp3) is 0.111. The number of halogens is 1. The molecule has 0 atom stereocenters.